The van der Waals surface area contributed by atoms with Gasteiger partial charge in [-0.2, -0.15) is 0 Å². The summed E-state index contributed by atoms with van der Waals surface area (Å²) in [6, 6.07) is 7.83. The predicted octanol–water partition coefficient (Wildman–Crippen LogP) is 2.43. The van der Waals surface area contributed by atoms with Crippen molar-refractivity contribution in [1.29, 1.82) is 0 Å². The van der Waals surface area contributed by atoms with Gasteiger partial charge >= 0.3 is 0 Å². The molecule has 2 aromatic rings. The third kappa shape index (κ3) is 2.31. The third-order valence-electron chi connectivity index (χ3n) is 3.33. The number of amides is 1. The molecule has 0 spiro atoms. The summed E-state index contributed by atoms with van der Waals surface area (Å²) in [4.78, 5) is 36.6. The Bertz CT molecular complexity index is 739. The highest BCUT2D eigenvalue weighted by molar-refractivity contribution is 7.09. The van der Waals surface area contributed by atoms with Crippen LogP contribution >= 0.6 is 11.3 Å². The second kappa shape index (κ2) is 5.10. The Kier molecular flexibility index (Phi) is 3.26. The molecule has 0 fully saturated rings. The van der Waals surface area contributed by atoms with Gasteiger partial charge in [-0.3, -0.25) is 19.7 Å². The molecule has 1 aliphatic rings. The van der Waals surface area contributed by atoms with Crippen molar-refractivity contribution in [1.82, 2.24) is 0 Å². The highest BCUT2D eigenvalue weighted by Crippen LogP contribution is 2.32. The Morgan fingerprint density at radius 1 is 1.24 bits per heavy atom. The lowest BCUT2D eigenvalue weighted by Gasteiger charge is -2.15. The maximum absolute atomic E-state index is 12.0. The summed E-state index contributed by atoms with van der Waals surface area (Å²) in [5.41, 5.74) is 0.377. The molecule has 1 aliphatic heterocycles. The molecular weight excluding hydrogens is 292 g/mol. The number of benzene rings is 1. The van der Waals surface area contributed by atoms with E-state index in [1.54, 1.807) is 11.3 Å². The lowest BCUT2D eigenvalue weighted by atomic mass is 10.1. The van der Waals surface area contributed by atoms with E-state index in [-0.39, 0.29) is 11.3 Å². The van der Waals surface area contributed by atoms with Gasteiger partial charge in [-0.1, -0.05) is 6.07 Å². The van der Waals surface area contributed by atoms with Crippen LogP contribution in [0, 0.1) is 10.1 Å². The fourth-order valence-corrected chi connectivity index (χ4v) is 3.00. The highest BCUT2D eigenvalue weighted by Gasteiger charge is 2.36. The molecule has 1 aromatic heterocycles. The van der Waals surface area contributed by atoms with Crippen LogP contribution in [0.15, 0.2) is 35.7 Å². The first kappa shape index (κ1) is 13.4. The van der Waals surface area contributed by atoms with Gasteiger partial charge in [-0.05, 0) is 23.9 Å². The fourth-order valence-electron chi connectivity index (χ4n) is 2.30. The number of carbonyl (C=O) groups excluding carboxylic acids is 2. The number of fused-ring (bicyclic) bond motifs is 1. The lowest BCUT2D eigenvalue weighted by molar-refractivity contribution is -0.384. The number of anilines is 1. The zero-order valence-electron chi connectivity index (χ0n) is 10.8. The highest BCUT2D eigenvalue weighted by atomic mass is 32.1. The first-order chi connectivity index (χ1) is 10.1. The Balaban J connectivity index is 1.89. The number of non-ortho nitro benzene ring substituents is 1. The van der Waals surface area contributed by atoms with Crippen molar-refractivity contribution in [2.75, 3.05) is 11.4 Å². The van der Waals surface area contributed by atoms with Crippen LogP contribution in [-0.4, -0.2) is 23.2 Å². The van der Waals surface area contributed by atoms with Crippen LogP contribution < -0.4 is 4.90 Å². The molecule has 21 heavy (non-hydrogen) atoms. The van der Waals surface area contributed by atoms with Gasteiger partial charge in [-0.25, -0.2) is 0 Å². The summed E-state index contributed by atoms with van der Waals surface area (Å²) in [7, 11) is 0. The topological polar surface area (TPSA) is 80.5 Å². The van der Waals surface area contributed by atoms with Gasteiger partial charge < -0.3 is 4.90 Å². The van der Waals surface area contributed by atoms with Gasteiger partial charge in [0.25, 0.3) is 17.4 Å². The Morgan fingerprint density at radius 3 is 2.71 bits per heavy atom. The summed E-state index contributed by atoms with van der Waals surface area (Å²) in [5.74, 6) is -1.30. The molecule has 0 aliphatic carbocycles. The largest absolute Gasteiger partial charge is 0.304 e. The smallest absolute Gasteiger partial charge is 0.299 e. The number of nitro benzene ring substituents is 1. The molecule has 7 heteroatoms. The van der Waals surface area contributed by atoms with Crippen LogP contribution in [0.4, 0.5) is 11.4 Å². The first-order valence-corrected chi connectivity index (χ1v) is 7.13. The Morgan fingerprint density at radius 2 is 2.05 bits per heavy atom. The van der Waals surface area contributed by atoms with Gasteiger partial charge in [0, 0.05) is 23.6 Å². The second-order valence-electron chi connectivity index (χ2n) is 4.57. The molecule has 1 amide bonds. The number of hydrogen-bond donors (Lipinski definition) is 0. The van der Waals surface area contributed by atoms with Crippen molar-refractivity contribution in [3.8, 4) is 0 Å². The van der Waals surface area contributed by atoms with Crippen LogP contribution in [0.5, 0.6) is 0 Å². The number of rotatable bonds is 4. The third-order valence-corrected chi connectivity index (χ3v) is 4.26. The van der Waals surface area contributed by atoms with E-state index >= 15 is 0 Å². The predicted molar refractivity (Wildman–Crippen MR) is 77.8 cm³/mol. The van der Waals surface area contributed by atoms with Gasteiger partial charge in [0.15, 0.2) is 0 Å². The summed E-state index contributed by atoms with van der Waals surface area (Å²) in [5, 5.41) is 12.7. The minimum atomic E-state index is -0.681. The second-order valence-corrected chi connectivity index (χ2v) is 5.61. The molecule has 0 N–H and O–H groups in total. The summed E-state index contributed by atoms with van der Waals surface area (Å²) in [6.45, 7) is 0.385. The Labute approximate surface area is 123 Å². The molecule has 2 heterocycles. The van der Waals surface area contributed by atoms with E-state index in [1.807, 2.05) is 17.5 Å². The molecule has 6 nitrogen and oxygen atoms in total. The number of Topliss-reactive ketones (excluding diaryl/α,β-unsaturated/α-hetero) is 1. The minimum absolute atomic E-state index is 0.111. The van der Waals surface area contributed by atoms with Crippen LogP contribution in [0.1, 0.15) is 15.2 Å². The van der Waals surface area contributed by atoms with Crippen LogP contribution in [0.2, 0.25) is 0 Å². The molecular formula is C14H10N2O4S. The fraction of sp³-hybridized carbons (Fsp3) is 0.143. The van der Waals surface area contributed by atoms with Gasteiger partial charge in [0.1, 0.15) is 0 Å². The molecule has 0 unspecified atom stereocenters. The normalized spacial score (nSPS) is 13.6. The summed E-state index contributed by atoms with van der Waals surface area (Å²) < 4.78 is 0. The molecule has 0 atom stereocenters. The Hall–Kier alpha value is -2.54. The quantitative estimate of drug-likeness (QED) is 0.493. The van der Waals surface area contributed by atoms with Crippen molar-refractivity contribution < 1.29 is 14.5 Å². The molecule has 0 saturated heterocycles. The zero-order valence-corrected chi connectivity index (χ0v) is 11.6. The van der Waals surface area contributed by atoms with Crippen molar-refractivity contribution in [3.05, 3.63) is 56.3 Å². The van der Waals surface area contributed by atoms with Crippen LogP contribution in [-0.2, 0) is 11.2 Å². The standard InChI is InChI=1S/C14H10N2O4S/c17-13-11-8-9(16(19)20)3-4-12(11)15(14(13)18)6-5-10-2-1-7-21-10/h1-4,7-8H,5-6H2. The number of carbonyl (C=O) groups is 2. The van der Waals surface area contributed by atoms with Crippen molar-refractivity contribution in [2.45, 2.75) is 6.42 Å². The SMILES string of the molecule is O=C1C(=O)N(CCc2cccs2)c2ccc([N+](=O)[O-])cc21. The number of nitrogens with zero attached hydrogens (tertiary/aromatic N) is 2. The average Bonchev–Trinajstić information content (AvgIpc) is 3.06. The van der Waals surface area contributed by atoms with E-state index in [9.17, 15) is 19.7 Å². The zero-order chi connectivity index (χ0) is 15.0. The van der Waals surface area contributed by atoms with Crippen LogP contribution in [0.25, 0.3) is 0 Å². The number of nitro groups is 1. The van der Waals surface area contributed by atoms with Gasteiger partial charge in [0.05, 0.1) is 16.2 Å². The molecule has 0 radical (unpaired) electrons. The monoisotopic (exact) mass is 302 g/mol. The van der Waals surface area contributed by atoms with E-state index in [2.05, 4.69) is 0 Å². The average molecular weight is 302 g/mol. The molecule has 0 bridgehead atoms. The van der Waals surface area contributed by atoms with Crippen molar-refractivity contribution >= 4 is 34.4 Å². The summed E-state index contributed by atoms with van der Waals surface area (Å²) in [6.07, 6.45) is 0.646. The molecule has 3 rings (SSSR count). The lowest BCUT2D eigenvalue weighted by Crippen LogP contribution is -2.31. The van der Waals surface area contributed by atoms with E-state index in [1.165, 1.54) is 23.1 Å². The minimum Gasteiger partial charge on any atom is -0.304 e. The van der Waals surface area contributed by atoms with E-state index in [4.69, 9.17) is 0 Å². The van der Waals surface area contributed by atoms with E-state index < -0.39 is 16.6 Å². The van der Waals surface area contributed by atoms with Gasteiger partial charge in [-0.15, -0.1) is 11.3 Å². The summed E-state index contributed by atoms with van der Waals surface area (Å²) >= 11 is 1.58. The number of ketones is 1. The number of thiophene rings is 1. The number of hydrogen-bond acceptors (Lipinski definition) is 5. The van der Waals surface area contributed by atoms with E-state index in [0.717, 1.165) is 4.88 Å². The van der Waals surface area contributed by atoms with Crippen molar-refractivity contribution in [3.63, 3.8) is 0 Å². The van der Waals surface area contributed by atoms with Crippen LogP contribution in [0.3, 0.4) is 0 Å². The van der Waals surface area contributed by atoms with E-state index in [0.29, 0.717) is 18.7 Å². The van der Waals surface area contributed by atoms with Gasteiger partial charge in [0.2, 0.25) is 0 Å². The molecule has 1 aromatic carbocycles. The first-order valence-electron chi connectivity index (χ1n) is 6.25. The molecule has 106 valence electrons. The maximum Gasteiger partial charge on any atom is 0.299 e. The molecule has 0 saturated carbocycles. The maximum atomic E-state index is 12.0. The van der Waals surface area contributed by atoms with Crippen molar-refractivity contribution in [2.24, 2.45) is 0 Å².